The summed E-state index contributed by atoms with van der Waals surface area (Å²) in [6, 6.07) is 0. The van der Waals surface area contributed by atoms with Crippen LogP contribution in [0.5, 0.6) is 0 Å². The SMILES string of the molecule is CN(C)C(=S)SC[C](C)(C)[Co](=[O])[CH2]CO. The third-order valence-electron chi connectivity index (χ3n) is 1.63. The molecule has 0 unspecified atom stereocenters. The van der Waals surface area contributed by atoms with E-state index in [0.717, 1.165) is 10.1 Å². The van der Waals surface area contributed by atoms with Crippen molar-refractivity contribution in [2.45, 2.75) is 23.6 Å². The van der Waals surface area contributed by atoms with Gasteiger partial charge in [-0.1, -0.05) is 0 Å². The molecule has 0 spiro atoms. The number of nitrogens with zero attached hydrogens (tertiary/aromatic N) is 1. The van der Waals surface area contributed by atoms with Crippen LogP contribution in [0.15, 0.2) is 0 Å². The quantitative estimate of drug-likeness (QED) is 0.787. The second-order valence-electron chi connectivity index (χ2n) is 3.78. The molecule has 0 amide bonds. The van der Waals surface area contributed by atoms with Gasteiger partial charge in [0, 0.05) is 0 Å². The number of aliphatic hydroxyl groups excluding tert-OH is 1. The number of hydrogen-bond donors (Lipinski definition) is 1. The molecule has 0 radical (unpaired) electrons. The molecule has 0 bridgehead atoms. The van der Waals surface area contributed by atoms with Crippen LogP contribution in [0.1, 0.15) is 13.8 Å². The van der Waals surface area contributed by atoms with E-state index in [1.165, 1.54) is 11.8 Å². The normalized spacial score (nSPS) is 12.5. The Balaban J connectivity index is 4.14. The van der Waals surface area contributed by atoms with Crippen LogP contribution in [-0.2, 0) is 17.5 Å². The molecule has 0 aliphatic carbocycles. The van der Waals surface area contributed by atoms with Crippen LogP contribution in [0.2, 0.25) is 9.70 Å². The number of thioether (sulfide) groups is 1. The molecule has 0 aliphatic heterocycles. The third kappa shape index (κ3) is 5.96. The minimum atomic E-state index is -1.35. The maximum atomic E-state index is 11.8. The third-order valence-corrected chi connectivity index (χ3v) is 6.50. The zero-order chi connectivity index (χ0) is 12.1. The van der Waals surface area contributed by atoms with E-state index in [-0.39, 0.29) is 11.0 Å². The Bertz CT molecular complexity index is 244. The van der Waals surface area contributed by atoms with E-state index < -0.39 is 13.6 Å². The fourth-order valence-electron chi connectivity index (χ4n) is 0.706. The monoisotopic (exact) mass is 296 g/mol. The minimum absolute atomic E-state index is 0.0135. The van der Waals surface area contributed by atoms with E-state index in [1.807, 2.05) is 32.8 Å². The van der Waals surface area contributed by atoms with Crippen LogP contribution in [-0.4, -0.2) is 40.8 Å². The molecular formula is C9H19CoNO2S2. The van der Waals surface area contributed by atoms with Crippen LogP contribution in [0.3, 0.4) is 0 Å². The van der Waals surface area contributed by atoms with Crippen molar-refractivity contribution in [3.05, 3.63) is 0 Å². The van der Waals surface area contributed by atoms with Gasteiger partial charge in [0.1, 0.15) is 0 Å². The van der Waals surface area contributed by atoms with Gasteiger partial charge in [-0.25, -0.2) is 0 Å². The summed E-state index contributed by atoms with van der Waals surface area (Å²) in [4.78, 5) is 1.87. The molecule has 0 saturated carbocycles. The molecule has 0 aliphatic rings. The maximum absolute atomic E-state index is 11.8. The molecule has 15 heavy (non-hydrogen) atoms. The molecular weight excluding hydrogens is 277 g/mol. The summed E-state index contributed by atoms with van der Waals surface area (Å²) in [7, 11) is 3.80. The van der Waals surface area contributed by atoms with Gasteiger partial charge in [-0.2, -0.15) is 0 Å². The van der Waals surface area contributed by atoms with E-state index in [9.17, 15) is 3.87 Å². The Labute approximate surface area is 106 Å². The van der Waals surface area contributed by atoms with Gasteiger partial charge in [-0.15, -0.1) is 0 Å². The van der Waals surface area contributed by atoms with Crippen molar-refractivity contribution in [1.29, 1.82) is 0 Å². The first kappa shape index (κ1) is 15.5. The zero-order valence-corrected chi connectivity index (χ0v) is 12.2. The van der Waals surface area contributed by atoms with E-state index >= 15 is 0 Å². The number of thiocarbonyl (C=S) groups is 1. The van der Waals surface area contributed by atoms with Crippen LogP contribution in [0, 0.1) is 0 Å². The summed E-state index contributed by atoms with van der Waals surface area (Å²) in [5, 5.41) is 9.11. The summed E-state index contributed by atoms with van der Waals surface area (Å²) in [6.07, 6.45) is 0. The summed E-state index contributed by atoms with van der Waals surface area (Å²) in [5.41, 5.74) is 0. The predicted molar refractivity (Wildman–Crippen MR) is 65.4 cm³/mol. The fraction of sp³-hybridized carbons (Fsp3) is 0.889. The molecule has 0 fully saturated rings. The van der Waals surface area contributed by atoms with Gasteiger partial charge in [-0.05, 0) is 0 Å². The summed E-state index contributed by atoms with van der Waals surface area (Å²) < 4.78 is 12.3. The van der Waals surface area contributed by atoms with E-state index in [1.54, 1.807) is 0 Å². The fourth-order valence-corrected chi connectivity index (χ4v) is 3.35. The van der Waals surface area contributed by atoms with Crippen molar-refractivity contribution in [3.8, 4) is 0 Å². The first-order valence-corrected chi connectivity index (χ1v) is 7.60. The molecule has 1 N–H and O–H groups in total. The first-order chi connectivity index (χ1) is 6.81. The summed E-state index contributed by atoms with van der Waals surface area (Å²) in [5.74, 6) is 0.720. The van der Waals surface area contributed by atoms with Crippen molar-refractivity contribution in [3.63, 3.8) is 0 Å². The van der Waals surface area contributed by atoms with Gasteiger partial charge in [0.15, 0.2) is 0 Å². The number of aliphatic hydroxyl groups is 1. The molecule has 93 valence electrons. The average Bonchev–Trinajstić information content (AvgIpc) is 2.14. The van der Waals surface area contributed by atoms with Gasteiger partial charge in [0.2, 0.25) is 0 Å². The Hall–Kier alpha value is 0.506. The summed E-state index contributed by atoms with van der Waals surface area (Å²) >= 11 is 5.33. The van der Waals surface area contributed by atoms with Gasteiger partial charge in [0.25, 0.3) is 0 Å². The predicted octanol–water partition coefficient (Wildman–Crippen LogP) is 2.14. The topological polar surface area (TPSA) is 40.5 Å². The van der Waals surface area contributed by atoms with Crippen molar-refractivity contribution >= 4 is 28.3 Å². The molecule has 0 saturated heterocycles. The first-order valence-electron chi connectivity index (χ1n) is 4.52. The average molecular weight is 296 g/mol. The van der Waals surface area contributed by atoms with Crippen molar-refractivity contribution in [1.82, 2.24) is 4.90 Å². The van der Waals surface area contributed by atoms with E-state index in [0.29, 0.717) is 5.36 Å². The Morgan fingerprint density at radius 3 is 2.47 bits per heavy atom. The summed E-state index contributed by atoms with van der Waals surface area (Å²) in [6.45, 7) is 3.89. The van der Waals surface area contributed by atoms with Crippen molar-refractivity contribution < 1.29 is 22.6 Å². The van der Waals surface area contributed by atoms with Gasteiger partial charge in [-0.3, -0.25) is 0 Å². The number of rotatable bonds is 5. The molecule has 0 aromatic rings. The zero-order valence-electron chi connectivity index (χ0n) is 9.57. The molecule has 0 rings (SSSR count). The van der Waals surface area contributed by atoms with Crippen LogP contribution < -0.4 is 0 Å². The van der Waals surface area contributed by atoms with Crippen LogP contribution in [0.4, 0.5) is 0 Å². The van der Waals surface area contributed by atoms with Crippen molar-refractivity contribution in [2.75, 3.05) is 26.5 Å². The second kappa shape index (κ2) is 6.95. The Morgan fingerprint density at radius 2 is 2.07 bits per heavy atom. The van der Waals surface area contributed by atoms with Crippen molar-refractivity contribution in [2.24, 2.45) is 0 Å². The van der Waals surface area contributed by atoms with Crippen LogP contribution in [0.25, 0.3) is 0 Å². The van der Waals surface area contributed by atoms with Gasteiger partial charge >= 0.3 is 106 Å². The second-order valence-corrected chi connectivity index (χ2v) is 8.20. The van der Waals surface area contributed by atoms with Gasteiger partial charge < -0.3 is 0 Å². The number of hydrogen-bond acceptors (Lipinski definition) is 4. The molecule has 0 heterocycles. The van der Waals surface area contributed by atoms with Gasteiger partial charge in [0.05, 0.1) is 0 Å². The molecule has 0 aromatic heterocycles. The Kier molecular flexibility index (Phi) is 7.19. The molecule has 3 nitrogen and oxygen atoms in total. The molecule has 0 aromatic carbocycles. The van der Waals surface area contributed by atoms with E-state index in [4.69, 9.17) is 17.3 Å². The Morgan fingerprint density at radius 1 is 1.53 bits per heavy atom. The standard InChI is InChI=1S/C7H14NS2.C2H5O.Co.O/c1-6(2)5-10-7(9)8(3)4;1-2-3;;/h5H2,1-4H3;3H,1-2H2;;. The molecule has 6 heteroatoms. The van der Waals surface area contributed by atoms with Crippen LogP contribution >= 0.6 is 24.0 Å². The molecule has 0 atom stereocenters. The van der Waals surface area contributed by atoms with E-state index in [2.05, 4.69) is 0 Å².